The number of likely N-dealkylation sites (tertiary alicyclic amines) is 1. The zero-order valence-corrected chi connectivity index (χ0v) is 17.6. The number of imidazole rings is 1. The average molecular weight is 412 g/mol. The Morgan fingerprint density at radius 3 is 2.43 bits per heavy atom. The fraction of sp³-hybridized carbons (Fsp3) is 0.667. The van der Waals surface area contributed by atoms with E-state index in [-0.39, 0.29) is 30.0 Å². The molecule has 0 unspecified atom stereocenters. The van der Waals surface area contributed by atoms with E-state index in [0.717, 1.165) is 50.9 Å². The Morgan fingerprint density at radius 1 is 1.11 bits per heavy atom. The number of nitrogens with zero attached hydrogens (tertiary/aromatic N) is 2. The van der Waals surface area contributed by atoms with Gasteiger partial charge in [-0.1, -0.05) is 0 Å². The largest absolute Gasteiger partial charge is 0.379 e. The second kappa shape index (κ2) is 8.97. The first-order valence-electron chi connectivity index (χ1n) is 10.3. The molecule has 156 valence electrons. The molecule has 1 saturated heterocycles. The van der Waals surface area contributed by atoms with Crippen molar-refractivity contribution in [2.75, 3.05) is 19.7 Å². The van der Waals surface area contributed by atoms with Crippen molar-refractivity contribution in [3.05, 3.63) is 34.0 Å². The number of nitrogens with one attached hydrogen (secondary N) is 1. The minimum Gasteiger partial charge on any atom is -0.379 e. The Morgan fingerprint density at radius 2 is 1.79 bits per heavy atom. The van der Waals surface area contributed by atoms with E-state index in [2.05, 4.69) is 16.8 Å². The molecule has 2 heterocycles. The fourth-order valence-electron chi connectivity index (χ4n) is 5.00. The third-order valence-corrected chi connectivity index (χ3v) is 6.35. The van der Waals surface area contributed by atoms with E-state index in [1.807, 2.05) is 13.0 Å². The molecular formula is C21H31ClFN3O2. The molecule has 2 aliphatic rings. The van der Waals surface area contributed by atoms with Crippen molar-refractivity contribution in [3.8, 4) is 0 Å². The molecule has 1 saturated carbocycles. The molecule has 2 aromatic rings. The Labute approximate surface area is 171 Å². The van der Waals surface area contributed by atoms with Gasteiger partial charge in [0.15, 0.2) is 0 Å². The van der Waals surface area contributed by atoms with Gasteiger partial charge in [-0.25, -0.2) is 9.18 Å². The van der Waals surface area contributed by atoms with Crippen LogP contribution in [0.4, 0.5) is 4.39 Å². The lowest BCUT2D eigenvalue weighted by atomic mass is 9.90. The normalized spacial score (nSPS) is 24.4. The molecular weight excluding hydrogens is 381 g/mol. The van der Waals surface area contributed by atoms with E-state index in [0.29, 0.717) is 23.2 Å². The van der Waals surface area contributed by atoms with Crippen LogP contribution in [0.15, 0.2) is 16.9 Å². The number of H-pyrrole nitrogens is 1. The van der Waals surface area contributed by atoms with Gasteiger partial charge in [0.2, 0.25) is 0 Å². The SMILES string of the molecule is CCO[C@H]1CC[C@H](N2CCC(n3c(=O)[nH]c4c(F)cc(C)cc43)CC2)CC1.Cl. The Kier molecular flexibility index (Phi) is 6.84. The lowest BCUT2D eigenvalue weighted by molar-refractivity contribution is 0.00796. The summed E-state index contributed by atoms with van der Waals surface area (Å²) in [7, 11) is 0. The van der Waals surface area contributed by atoms with E-state index < -0.39 is 0 Å². The maximum absolute atomic E-state index is 14.2. The molecule has 0 bridgehead atoms. The Balaban J connectivity index is 0.00000225. The molecule has 5 nitrogen and oxygen atoms in total. The summed E-state index contributed by atoms with van der Waals surface area (Å²) in [5, 5.41) is 0. The molecule has 4 rings (SSSR count). The van der Waals surface area contributed by atoms with Gasteiger partial charge in [0.05, 0.1) is 11.6 Å². The Hall–Kier alpha value is -1.37. The zero-order chi connectivity index (χ0) is 19.0. The molecule has 1 aliphatic heterocycles. The topological polar surface area (TPSA) is 50.3 Å². The highest BCUT2D eigenvalue weighted by Gasteiger charge is 2.30. The number of hydrogen-bond donors (Lipinski definition) is 1. The van der Waals surface area contributed by atoms with Crippen LogP contribution in [0.2, 0.25) is 0 Å². The lowest BCUT2D eigenvalue weighted by Crippen LogP contribution is -2.45. The van der Waals surface area contributed by atoms with Crippen molar-refractivity contribution in [1.82, 2.24) is 14.5 Å². The fourth-order valence-corrected chi connectivity index (χ4v) is 5.00. The Bertz CT molecular complexity index is 849. The van der Waals surface area contributed by atoms with Crippen molar-refractivity contribution >= 4 is 23.4 Å². The molecule has 28 heavy (non-hydrogen) atoms. The van der Waals surface area contributed by atoms with Gasteiger partial charge >= 0.3 is 5.69 Å². The quantitative estimate of drug-likeness (QED) is 0.820. The highest BCUT2D eigenvalue weighted by molar-refractivity contribution is 5.85. The summed E-state index contributed by atoms with van der Waals surface area (Å²) >= 11 is 0. The molecule has 2 fully saturated rings. The number of fused-ring (bicyclic) bond motifs is 1. The molecule has 1 aromatic carbocycles. The first-order valence-corrected chi connectivity index (χ1v) is 10.3. The van der Waals surface area contributed by atoms with Gasteiger partial charge in [0.1, 0.15) is 11.3 Å². The van der Waals surface area contributed by atoms with Crippen molar-refractivity contribution in [1.29, 1.82) is 0 Å². The predicted molar refractivity (Wildman–Crippen MR) is 112 cm³/mol. The monoisotopic (exact) mass is 411 g/mol. The number of rotatable bonds is 4. The highest BCUT2D eigenvalue weighted by Crippen LogP contribution is 2.31. The number of halogens is 2. The van der Waals surface area contributed by atoms with Gasteiger partial charge in [-0.3, -0.25) is 4.57 Å². The summed E-state index contributed by atoms with van der Waals surface area (Å²) in [6.07, 6.45) is 7.02. The zero-order valence-electron chi connectivity index (χ0n) is 16.7. The van der Waals surface area contributed by atoms with E-state index in [1.54, 1.807) is 4.57 Å². The van der Waals surface area contributed by atoms with Crippen LogP contribution < -0.4 is 5.69 Å². The number of piperidine rings is 1. The molecule has 0 spiro atoms. The predicted octanol–water partition coefficient (Wildman–Crippen LogP) is 4.18. The van der Waals surface area contributed by atoms with Crippen LogP contribution in [0.5, 0.6) is 0 Å². The third kappa shape index (κ3) is 4.14. The molecule has 1 N–H and O–H groups in total. The van der Waals surface area contributed by atoms with Crippen molar-refractivity contribution in [3.63, 3.8) is 0 Å². The third-order valence-electron chi connectivity index (χ3n) is 6.35. The first kappa shape index (κ1) is 21.3. The smallest absolute Gasteiger partial charge is 0.326 e. The molecule has 7 heteroatoms. The average Bonchev–Trinajstić information content (AvgIpc) is 2.99. The number of aromatic amines is 1. The summed E-state index contributed by atoms with van der Waals surface area (Å²) in [6.45, 7) is 6.74. The summed E-state index contributed by atoms with van der Waals surface area (Å²) in [4.78, 5) is 17.8. The van der Waals surface area contributed by atoms with Crippen LogP contribution in [-0.4, -0.2) is 46.3 Å². The van der Waals surface area contributed by atoms with E-state index >= 15 is 0 Å². The van der Waals surface area contributed by atoms with E-state index in [1.165, 1.54) is 18.9 Å². The maximum atomic E-state index is 14.2. The summed E-state index contributed by atoms with van der Waals surface area (Å²) in [5.74, 6) is -0.343. The van der Waals surface area contributed by atoms with Gasteiger partial charge in [0.25, 0.3) is 0 Å². The van der Waals surface area contributed by atoms with Crippen LogP contribution in [0.25, 0.3) is 11.0 Å². The van der Waals surface area contributed by atoms with Gasteiger partial charge in [-0.15, -0.1) is 12.4 Å². The van der Waals surface area contributed by atoms with Crippen molar-refractivity contribution in [2.45, 2.75) is 70.6 Å². The van der Waals surface area contributed by atoms with Crippen LogP contribution in [0, 0.1) is 12.7 Å². The van der Waals surface area contributed by atoms with E-state index in [9.17, 15) is 9.18 Å². The second-order valence-electron chi connectivity index (χ2n) is 8.09. The minimum absolute atomic E-state index is 0. The molecule has 0 radical (unpaired) electrons. The summed E-state index contributed by atoms with van der Waals surface area (Å²) in [6, 6.07) is 4.17. The first-order chi connectivity index (χ1) is 13.1. The number of aryl methyl sites for hydroxylation is 1. The standard InChI is InChI=1S/C21H30FN3O2.ClH/c1-3-27-17-6-4-15(5-7-17)24-10-8-16(9-11-24)25-19-13-14(2)12-18(22)20(19)23-21(25)26;/h12-13,15-17H,3-11H2,1-2H3,(H,23,26);1H/t15-,17-;. The van der Waals surface area contributed by atoms with Crippen LogP contribution in [0.1, 0.15) is 57.1 Å². The van der Waals surface area contributed by atoms with Crippen LogP contribution >= 0.6 is 12.4 Å². The highest BCUT2D eigenvalue weighted by atomic mass is 35.5. The van der Waals surface area contributed by atoms with Crippen LogP contribution in [-0.2, 0) is 4.74 Å². The lowest BCUT2D eigenvalue weighted by Gasteiger charge is -2.40. The summed E-state index contributed by atoms with van der Waals surface area (Å²) in [5.41, 5.74) is 1.69. The summed E-state index contributed by atoms with van der Waals surface area (Å²) < 4.78 is 21.8. The van der Waals surface area contributed by atoms with Gasteiger partial charge < -0.3 is 14.6 Å². The number of hydrogen-bond acceptors (Lipinski definition) is 3. The number of aromatic nitrogens is 2. The van der Waals surface area contributed by atoms with E-state index in [4.69, 9.17) is 4.74 Å². The number of benzene rings is 1. The van der Waals surface area contributed by atoms with Gasteiger partial charge in [-0.2, -0.15) is 0 Å². The van der Waals surface area contributed by atoms with Gasteiger partial charge in [-0.05, 0) is 70.1 Å². The minimum atomic E-state index is -0.343. The molecule has 1 aromatic heterocycles. The molecule has 0 amide bonds. The van der Waals surface area contributed by atoms with Crippen LogP contribution in [0.3, 0.4) is 0 Å². The maximum Gasteiger partial charge on any atom is 0.326 e. The molecule has 1 aliphatic carbocycles. The van der Waals surface area contributed by atoms with Crippen molar-refractivity contribution in [2.24, 2.45) is 0 Å². The number of ether oxygens (including phenoxy) is 1. The molecule has 0 atom stereocenters. The second-order valence-corrected chi connectivity index (χ2v) is 8.09. The van der Waals surface area contributed by atoms with Gasteiger partial charge in [0, 0.05) is 31.8 Å². The van der Waals surface area contributed by atoms with Crippen molar-refractivity contribution < 1.29 is 9.13 Å².